The molecule has 32 heavy (non-hydrogen) atoms. The summed E-state index contributed by atoms with van der Waals surface area (Å²) in [6.45, 7) is 13.6. The summed E-state index contributed by atoms with van der Waals surface area (Å²) in [6, 6.07) is 6.66. The van der Waals surface area contributed by atoms with Gasteiger partial charge in [0.15, 0.2) is 11.6 Å². The van der Waals surface area contributed by atoms with E-state index in [0.717, 1.165) is 5.56 Å². The summed E-state index contributed by atoms with van der Waals surface area (Å²) in [5.74, 6) is 0.151. The SMILES string of the molecule is CC(=O)C(C)N(C)C(=O)c1ccc(C)cc1.CCC(=O)N(C)C(C)C(C)=O.CCC(C)=O. The molecule has 7 heteroatoms. The van der Waals surface area contributed by atoms with Crippen molar-refractivity contribution in [3.63, 3.8) is 0 Å². The number of benzene rings is 1. The molecule has 0 aromatic heterocycles. The number of carbonyl (C=O) groups excluding carboxylic acids is 5. The Balaban J connectivity index is 0. The number of nitrogens with zero attached hydrogens (tertiary/aromatic N) is 2. The van der Waals surface area contributed by atoms with E-state index in [4.69, 9.17) is 0 Å². The molecule has 0 saturated heterocycles. The van der Waals surface area contributed by atoms with Crippen molar-refractivity contribution in [3.8, 4) is 0 Å². The van der Waals surface area contributed by atoms with Crippen molar-refractivity contribution in [1.82, 2.24) is 9.80 Å². The van der Waals surface area contributed by atoms with E-state index in [1.807, 2.05) is 26.0 Å². The van der Waals surface area contributed by atoms with Gasteiger partial charge in [0.1, 0.15) is 5.78 Å². The highest BCUT2D eigenvalue weighted by atomic mass is 16.2. The second kappa shape index (κ2) is 15.9. The quantitative estimate of drug-likeness (QED) is 0.631. The standard InChI is InChI=1S/C13H17NO2.C8H15NO2.C4H8O/c1-9-5-7-12(8-6-9)13(16)14(4)10(2)11(3)15;1-5-8(11)9(4)6(2)7(3)10;1-3-4(2)5/h5-8,10H,1-4H3;6H,5H2,1-4H3;3H2,1-2H3. The minimum absolute atomic E-state index is 0.00713. The molecule has 2 unspecified atom stereocenters. The Kier molecular flexibility index (Phi) is 15.6. The Labute approximate surface area is 193 Å². The topological polar surface area (TPSA) is 91.8 Å². The van der Waals surface area contributed by atoms with Crippen LogP contribution in [0.25, 0.3) is 0 Å². The summed E-state index contributed by atoms with van der Waals surface area (Å²) in [5, 5.41) is 0. The highest BCUT2D eigenvalue weighted by Gasteiger charge is 2.20. The molecular weight excluding hydrogens is 408 g/mol. The molecular formula is C25H40N2O5. The van der Waals surface area contributed by atoms with Crippen molar-refractivity contribution in [2.75, 3.05) is 14.1 Å². The van der Waals surface area contributed by atoms with Crippen LogP contribution < -0.4 is 0 Å². The first-order valence-electron chi connectivity index (χ1n) is 10.8. The third-order valence-electron chi connectivity index (χ3n) is 5.15. The van der Waals surface area contributed by atoms with Crippen LogP contribution in [-0.4, -0.2) is 65.1 Å². The zero-order valence-electron chi connectivity index (χ0n) is 21.3. The highest BCUT2D eigenvalue weighted by Crippen LogP contribution is 2.08. The van der Waals surface area contributed by atoms with Gasteiger partial charge in [-0.25, -0.2) is 0 Å². The normalized spacial score (nSPS) is 11.4. The zero-order valence-corrected chi connectivity index (χ0v) is 21.3. The van der Waals surface area contributed by atoms with E-state index in [1.54, 1.807) is 53.9 Å². The summed E-state index contributed by atoms with van der Waals surface area (Å²) in [6.07, 6.45) is 1.12. The molecule has 0 aliphatic heterocycles. The van der Waals surface area contributed by atoms with E-state index < -0.39 is 0 Å². The van der Waals surface area contributed by atoms with Gasteiger partial charge in [0.2, 0.25) is 5.91 Å². The molecule has 0 radical (unpaired) electrons. The number of hydrogen-bond donors (Lipinski definition) is 0. The maximum atomic E-state index is 12.0. The van der Waals surface area contributed by atoms with E-state index >= 15 is 0 Å². The van der Waals surface area contributed by atoms with Crippen LogP contribution in [0.1, 0.15) is 77.2 Å². The lowest BCUT2D eigenvalue weighted by Crippen LogP contribution is -2.39. The first kappa shape index (κ1) is 31.4. The summed E-state index contributed by atoms with van der Waals surface area (Å²) >= 11 is 0. The van der Waals surface area contributed by atoms with Crippen LogP contribution in [0.5, 0.6) is 0 Å². The van der Waals surface area contributed by atoms with Crippen molar-refractivity contribution in [3.05, 3.63) is 35.4 Å². The molecule has 180 valence electrons. The third-order valence-corrected chi connectivity index (χ3v) is 5.15. The van der Waals surface area contributed by atoms with Gasteiger partial charge < -0.3 is 14.6 Å². The van der Waals surface area contributed by atoms with Crippen LogP contribution >= 0.6 is 0 Å². The number of ketones is 3. The Morgan fingerprint density at radius 2 is 1.12 bits per heavy atom. The van der Waals surface area contributed by atoms with Crippen molar-refractivity contribution < 1.29 is 24.0 Å². The number of likely N-dealkylation sites (N-methyl/N-ethyl adjacent to an activating group) is 2. The molecule has 0 heterocycles. The molecule has 1 aromatic carbocycles. The molecule has 0 fully saturated rings. The molecule has 7 nitrogen and oxygen atoms in total. The van der Waals surface area contributed by atoms with Crippen molar-refractivity contribution in [2.24, 2.45) is 0 Å². The van der Waals surface area contributed by atoms with Crippen LogP contribution in [-0.2, 0) is 19.2 Å². The van der Waals surface area contributed by atoms with E-state index in [0.29, 0.717) is 18.4 Å². The lowest BCUT2D eigenvalue weighted by Gasteiger charge is -2.22. The Hall–Kier alpha value is -2.83. The number of Topliss-reactive ketones (excluding diaryl/α,β-unsaturated/α-hetero) is 3. The van der Waals surface area contributed by atoms with Crippen LogP contribution in [0.4, 0.5) is 0 Å². The Morgan fingerprint density at radius 1 is 0.750 bits per heavy atom. The van der Waals surface area contributed by atoms with Gasteiger partial charge >= 0.3 is 0 Å². The number of aryl methyl sites for hydroxylation is 1. The van der Waals surface area contributed by atoms with E-state index in [1.165, 1.54) is 23.6 Å². The van der Waals surface area contributed by atoms with Gasteiger partial charge in [0, 0.05) is 32.5 Å². The van der Waals surface area contributed by atoms with Crippen LogP contribution in [0.15, 0.2) is 24.3 Å². The second-order valence-electron chi connectivity index (χ2n) is 7.77. The number of amides is 2. The first-order chi connectivity index (χ1) is 14.7. The van der Waals surface area contributed by atoms with Gasteiger partial charge in [-0.05, 0) is 53.7 Å². The third kappa shape index (κ3) is 12.1. The molecule has 2 atom stereocenters. The lowest BCUT2D eigenvalue weighted by molar-refractivity contribution is -0.136. The molecule has 0 bridgehead atoms. The van der Waals surface area contributed by atoms with Crippen molar-refractivity contribution in [2.45, 2.75) is 80.3 Å². The van der Waals surface area contributed by atoms with Crippen LogP contribution in [0.3, 0.4) is 0 Å². The van der Waals surface area contributed by atoms with E-state index in [-0.39, 0.29) is 41.2 Å². The summed E-state index contributed by atoms with van der Waals surface area (Å²) < 4.78 is 0. The molecule has 0 spiro atoms. The number of rotatable bonds is 7. The van der Waals surface area contributed by atoms with E-state index in [9.17, 15) is 24.0 Å². The van der Waals surface area contributed by atoms with Gasteiger partial charge in [-0.2, -0.15) is 0 Å². The first-order valence-corrected chi connectivity index (χ1v) is 10.8. The summed E-state index contributed by atoms with van der Waals surface area (Å²) in [4.78, 5) is 57.8. The molecule has 2 amide bonds. The zero-order chi connectivity index (χ0) is 25.6. The minimum atomic E-state index is -0.381. The number of carbonyl (C=O) groups is 5. The molecule has 0 N–H and O–H groups in total. The monoisotopic (exact) mass is 448 g/mol. The Bertz CT molecular complexity index is 771. The lowest BCUT2D eigenvalue weighted by atomic mass is 10.1. The van der Waals surface area contributed by atoms with Gasteiger partial charge in [-0.15, -0.1) is 0 Å². The van der Waals surface area contributed by atoms with Gasteiger partial charge in [0.25, 0.3) is 5.91 Å². The molecule has 0 aliphatic rings. The average Bonchev–Trinajstić information content (AvgIpc) is 2.76. The van der Waals surface area contributed by atoms with Gasteiger partial charge in [-0.3, -0.25) is 19.2 Å². The van der Waals surface area contributed by atoms with Crippen molar-refractivity contribution in [1.29, 1.82) is 0 Å². The van der Waals surface area contributed by atoms with Gasteiger partial charge in [0.05, 0.1) is 12.1 Å². The highest BCUT2D eigenvalue weighted by molar-refractivity contribution is 5.97. The number of hydrogen-bond acceptors (Lipinski definition) is 5. The average molecular weight is 449 g/mol. The smallest absolute Gasteiger partial charge is 0.254 e. The summed E-state index contributed by atoms with van der Waals surface area (Å²) in [7, 11) is 3.30. The fourth-order valence-corrected chi connectivity index (χ4v) is 2.09. The molecule has 1 aromatic rings. The largest absolute Gasteiger partial charge is 0.336 e. The van der Waals surface area contributed by atoms with Crippen LogP contribution in [0, 0.1) is 6.92 Å². The van der Waals surface area contributed by atoms with Gasteiger partial charge in [-0.1, -0.05) is 31.5 Å². The van der Waals surface area contributed by atoms with Crippen LogP contribution in [0.2, 0.25) is 0 Å². The fourth-order valence-electron chi connectivity index (χ4n) is 2.09. The molecule has 0 aliphatic carbocycles. The Morgan fingerprint density at radius 3 is 1.44 bits per heavy atom. The predicted molar refractivity (Wildman–Crippen MR) is 128 cm³/mol. The van der Waals surface area contributed by atoms with E-state index in [2.05, 4.69) is 0 Å². The molecule has 0 saturated carbocycles. The maximum absolute atomic E-state index is 12.0. The molecule has 1 rings (SSSR count). The summed E-state index contributed by atoms with van der Waals surface area (Å²) in [5.41, 5.74) is 1.72. The fraction of sp³-hybridized carbons (Fsp3) is 0.560. The predicted octanol–water partition coefficient (Wildman–Crippen LogP) is 3.86. The second-order valence-corrected chi connectivity index (χ2v) is 7.77. The van der Waals surface area contributed by atoms with Crippen molar-refractivity contribution >= 4 is 29.2 Å². The maximum Gasteiger partial charge on any atom is 0.254 e. The minimum Gasteiger partial charge on any atom is -0.336 e.